The summed E-state index contributed by atoms with van der Waals surface area (Å²) in [5.74, 6) is 0. The largest absolute Gasteiger partial charge is 0.0683 e. The molecule has 0 nitrogen and oxygen atoms in total. The van der Waals surface area contributed by atoms with Crippen LogP contribution in [-0.2, 0) is 0 Å². The Morgan fingerprint density at radius 2 is 0.690 bits per heavy atom. The fourth-order valence-electron chi connectivity index (χ4n) is 3.17. The molecule has 4 aromatic rings. The molecule has 29 heavy (non-hydrogen) atoms. The van der Waals surface area contributed by atoms with Crippen molar-refractivity contribution in [3.63, 3.8) is 0 Å². The highest BCUT2D eigenvalue weighted by Crippen LogP contribution is 2.27. The molecule has 0 bridgehead atoms. The van der Waals surface area contributed by atoms with Crippen LogP contribution in [0.2, 0.25) is 0 Å². The van der Waals surface area contributed by atoms with E-state index in [0.717, 1.165) is 0 Å². The number of aryl methyl sites for hydroxylation is 1. The monoisotopic (exact) mass is 380 g/mol. The molecule has 0 atom stereocenters. The molecule has 0 aliphatic rings. The van der Waals surface area contributed by atoms with Crippen molar-refractivity contribution in [2.24, 2.45) is 0 Å². The van der Waals surface area contributed by atoms with E-state index in [1.54, 1.807) is 0 Å². The van der Waals surface area contributed by atoms with Gasteiger partial charge in [0.1, 0.15) is 0 Å². The third-order valence-corrected chi connectivity index (χ3v) is 4.56. The molecule has 148 valence electrons. The predicted octanol–water partition coefficient (Wildman–Crippen LogP) is 9.05. The Labute approximate surface area is 176 Å². The van der Waals surface area contributed by atoms with E-state index < -0.39 is 0 Å². The predicted molar refractivity (Wildman–Crippen MR) is 130 cm³/mol. The van der Waals surface area contributed by atoms with Crippen LogP contribution in [0, 0.1) is 6.92 Å². The molecule has 0 aliphatic carbocycles. The van der Waals surface area contributed by atoms with Crippen LogP contribution in [0.1, 0.15) is 33.3 Å². The number of rotatable bonds is 3. The number of hydrogen-bond acceptors (Lipinski definition) is 0. The van der Waals surface area contributed by atoms with Gasteiger partial charge in [0, 0.05) is 0 Å². The van der Waals surface area contributed by atoms with Crippen molar-refractivity contribution in [1.29, 1.82) is 0 Å². The van der Waals surface area contributed by atoms with Gasteiger partial charge < -0.3 is 0 Å². The van der Waals surface area contributed by atoms with Crippen molar-refractivity contribution in [2.45, 2.75) is 34.6 Å². The SMILES string of the molecule is CC.CC.Cc1cccc(-c2ccc(-c3ccc(-c4ccccc4)cc3)cc2)c1. The van der Waals surface area contributed by atoms with E-state index in [1.807, 2.05) is 33.8 Å². The van der Waals surface area contributed by atoms with Gasteiger partial charge >= 0.3 is 0 Å². The van der Waals surface area contributed by atoms with Gasteiger partial charge in [0.2, 0.25) is 0 Å². The summed E-state index contributed by atoms with van der Waals surface area (Å²) in [7, 11) is 0. The highest BCUT2D eigenvalue weighted by molar-refractivity contribution is 5.73. The Morgan fingerprint density at radius 3 is 1.10 bits per heavy atom. The first kappa shape index (κ1) is 22.2. The third kappa shape index (κ3) is 5.93. The summed E-state index contributed by atoms with van der Waals surface area (Å²) >= 11 is 0. The Hall–Kier alpha value is -3.12. The number of benzene rings is 4. The average Bonchev–Trinajstić information content (AvgIpc) is 2.82. The van der Waals surface area contributed by atoms with E-state index >= 15 is 0 Å². The molecule has 4 aromatic carbocycles. The molecular weight excluding hydrogens is 348 g/mol. The molecular formula is C29H32. The molecule has 0 aromatic heterocycles. The molecule has 0 radical (unpaired) electrons. The van der Waals surface area contributed by atoms with Crippen molar-refractivity contribution in [1.82, 2.24) is 0 Å². The molecule has 0 heterocycles. The van der Waals surface area contributed by atoms with Crippen molar-refractivity contribution in [3.8, 4) is 33.4 Å². The lowest BCUT2D eigenvalue weighted by Crippen LogP contribution is -1.82. The van der Waals surface area contributed by atoms with Crippen LogP contribution in [0.3, 0.4) is 0 Å². The molecule has 0 saturated heterocycles. The fraction of sp³-hybridized carbons (Fsp3) is 0.172. The summed E-state index contributed by atoms with van der Waals surface area (Å²) in [6, 6.07) is 36.7. The van der Waals surface area contributed by atoms with E-state index in [-0.39, 0.29) is 0 Å². The zero-order chi connectivity index (χ0) is 21.1. The topological polar surface area (TPSA) is 0 Å². The second-order valence-corrected chi connectivity index (χ2v) is 6.39. The first-order chi connectivity index (χ1) is 14.3. The quantitative estimate of drug-likeness (QED) is 0.332. The van der Waals surface area contributed by atoms with Gasteiger partial charge in [0.25, 0.3) is 0 Å². The van der Waals surface area contributed by atoms with Crippen LogP contribution in [0.25, 0.3) is 33.4 Å². The Morgan fingerprint density at radius 1 is 0.345 bits per heavy atom. The zero-order valence-corrected chi connectivity index (χ0v) is 18.3. The van der Waals surface area contributed by atoms with Crippen molar-refractivity contribution in [3.05, 3.63) is 109 Å². The lowest BCUT2D eigenvalue weighted by Gasteiger charge is -2.07. The van der Waals surface area contributed by atoms with E-state index in [4.69, 9.17) is 0 Å². The average molecular weight is 381 g/mol. The van der Waals surface area contributed by atoms with E-state index in [2.05, 4.69) is 104 Å². The summed E-state index contributed by atoms with van der Waals surface area (Å²) in [5, 5.41) is 0. The fourth-order valence-corrected chi connectivity index (χ4v) is 3.17. The maximum atomic E-state index is 2.23. The second kappa shape index (κ2) is 11.7. The molecule has 0 heteroatoms. The molecule has 0 amide bonds. The van der Waals surface area contributed by atoms with Gasteiger partial charge in [-0.1, -0.05) is 136 Å². The molecule has 0 fully saturated rings. The van der Waals surface area contributed by atoms with Gasteiger partial charge in [-0.15, -0.1) is 0 Å². The number of hydrogen-bond donors (Lipinski definition) is 0. The molecule has 0 unspecified atom stereocenters. The van der Waals surface area contributed by atoms with Crippen molar-refractivity contribution in [2.75, 3.05) is 0 Å². The normalized spacial score (nSPS) is 9.55. The van der Waals surface area contributed by atoms with Gasteiger partial charge in [0.15, 0.2) is 0 Å². The van der Waals surface area contributed by atoms with Crippen LogP contribution in [0.4, 0.5) is 0 Å². The first-order valence-corrected chi connectivity index (χ1v) is 10.6. The zero-order valence-electron chi connectivity index (χ0n) is 18.3. The van der Waals surface area contributed by atoms with Crippen molar-refractivity contribution < 1.29 is 0 Å². The molecule has 0 aliphatic heterocycles. The highest BCUT2D eigenvalue weighted by Gasteiger charge is 2.02. The molecule has 0 saturated carbocycles. The van der Waals surface area contributed by atoms with E-state index in [1.165, 1.54) is 38.9 Å². The summed E-state index contributed by atoms with van der Waals surface area (Å²) in [5.41, 5.74) is 8.81. The Balaban J connectivity index is 0.000000707. The minimum atomic E-state index is 1.25. The lowest BCUT2D eigenvalue weighted by atomic mass is 9.98. The summed E-state index contributed by atoms with van der Waals surface area (Å²) in [6.07, 6.45) is 0. The highest BCUT2D eigenvalue weighted by atomic mass is 14.1. The van der Waals surface area contributed by atoms with Gasteiger partial charge in [-0.05, 0) is 40.3 Å². The van der Waals surface area contributed by atoms with Gasteiger partial charge in [0.05, 0.1) is 0 Å². The summed E-state index contributed by atoms with van der Waals surface area (Å²) < 4.78 is 0. The van der Waals surface area contributed by atoms with Gasteiger partial charge in [-0.3, -0.25) is 0 Å². The summed E-state index contributed by atoms with van der Waals surface area (Å²) in [6.45, 7) is 10.1. The van der Waals surface area contributed by atoms with Crippen LogP contribution in [0.15, 0.2) is 103 Å². The maximum absolute atomic E-state index is 2.23. The van der Waals surface area contributed by atoms with Gasteiger partial charge in [-0.25, -0.2) is 0 Å². The third-order valence-electron chi connectivity index (χ3n) is 4.56. The lowest BCUT2D eigenvalue weighted by molar-refractivity contribution is 1.47. The van der Waals surface area contributed by atoms with Crippen molar-refractivity contribution >= 4 is 0 Å². The van der Waals surface area contributed by atoms with E-state index in [0.29, 0.717) is 0 Å². The first-order valence-electron chi connectivity index (χ1n) is 10.6. The Kier molecular flexibility index (Phi) is 8.92. The van der Waals surface area contributed by atoms with Crippen LogP contribution in [0.5, 0.6) is 0 Å². The van der Waals surface area contributed by atoms with Crippen LogP contribution >= 0.6 is 0 Å². The smallest absolute Gasteiger partial charge is 0.0181 e. The maximum Gasteiger partial charge on any atom is -0.0181 e. The standard InChI is InChI=1S/C25H20.2C2H6/c1-19-6-5-9-25(18-19)24-16-14-23(15-17-24)22-12-10-21(11-13-22)20-7-3-2-4-8-20;2*1-2/h2-18H,1H3;2*1-2H3. The molecule has 4 rings (SSSR count). The molecule has 0 N–H and O–H groups in total. The Bertz CT molecular complexity index is 962. The molecule has 0 spiro atoms. The van der Waals surface area contributed by atoms with Crippen LogP contribution < -0.4 is 0 Å². The summed E-state index contributed by atoms with van der Waals surface area (Å²) in [4.78, 5) is 0. The minimum Gasteiger partial charge on any atom is -0.0683 e. The van der Waals surface area contributed by atoms with Gasteiger partial charge in [-0.2, -0.15) is 0 Å². The van der Waals surface area contributed by atoms with Crippen LogP contribution in [-0.4, -0.2) is 0 Å². The van der Waals surface area contributed by atoms with E-state index in [9.17, 15) is 0 Å². The second-order valence-electron chi connectivity index (χ2n) is 6.39. The minimum absolute atomic E-state index is 1.25.